The third-order valence-electron chi connectivity index (χ3n) is 4.60. The Bertz CT molecular complexity index is 1030. The number of aromatic nitrogens is 1. The van der Waals surface area contributed by atoms with Crippen molar-refractivity contribution < 1.29 is 17.2 Å². The Hall–Kier alpha value is -2.51. The van der Waals surface area contributed by atoms with Gasteiger partial charge in [0, 0.05) is 25.0 Å². The summed E-state index contributed by atoms with van der Waals surface area (Å²) in [5, 5.41) is 0. The maximum Gasteiger partial charge on any atom is 0.244 e. The third kappa shape index (κ3) is 2.83. The van der Waals surface area contributed by atoms with Gasteiger partial charge in [-0.15, -0.1) is 0 Å². The Kier molecular flexibility index (Phi) is 4.13. The van der Waals surface area contributed by atoms with Crippen molar-refractivity contribution >= 4 is 10.0 Å². The van der Waals surface area contributed by atoms with Gasteiger partial charge in [0.15, 0.2) is 0 Å². The second kappa shape index (κ2) is 6.34. The molecule has 0 saturated carbocycles. The quantitative estimate of drug-likeness (QED) is 0.704. The van der Waals surface area contributed by atoms with Gasteiger partial charge in [0.25, 0.3) is 0 Å². The highest BCUT2D eigenvalue weighted by molar-refractivity contribution is 7.89. The highest BCUT2D eigenvalue weighted by atomic mass is 32.2. The average Bonchev–Trinajstić information content (AvgIpc) is 3.11. The van der Waals surface area contributed by atoms with E-state index in [4.69, 9.17) is 0 Å². The molecular formula is C19H16F2N2O2S. The average molecular weight is 374 g/mol. The summed E-state index contributed by atoms with van der Waals surface area (Å²) in [5.41, 5.74) is 1.49. The Morgan fingerprint density at radius 3 is 2.12 bits per heavy atom. The minimum Gasteiger partial charge on any atom is -0.348 e. The molecule has 1 aromatic heterocycles. The van der Waals surface area contributed by atoms with Gasteiger partial charge < -0.3 is 4.57 Å². The summed E-state index contributed by atoms with van der Waals surface area (Å²) in [6.45, 7) is 0.782. The van der Waals surface area contributed by atoms with E-state index in [9.17, 15) is 17.2 Å². The van der Waals surface area contributed by atoms with Crippen LogP contribution in [0.2, 0.25) is 0 Å². The van der Waals surface area contributed by atoms with E-state index in [2.05, 4.69) is 0 Å². The molecule has 1 unspecified atom stereocenters. The van der Waals surface area contributed by atoms with Crippen molar-refractivity contribution in [2.75, 3.05) is 6.54 Å². The Balaban J connectivity index is 1.83. The molecule has 0 spiro atoms. The van der Waals surface area contributed by atoms with Crippen LogP contribution in [0.25, 0.3) is 0 Å². The van der Waals surface area contributed by atoms with E-state index in [-0.39, 0.29) is 17.3 Å². The van der Waals surface area contributed by atoms with Gasteiger partial charge in [0.05, 0.1) is 10.9 Å². The lowest BCUT2D eigenvalue weighted by atomic mass is 10.0. The van der Waals surface area contributed by atoms with E-state index in [0.717, 1.165) is 17.8 Å². The maximum absolute atomic E-state index is 13.4. The molecule has 0 amide bonds. The number of nitrogens with zero attached hydrogens (tertiary/aromatic N) is 2. The third-order valence-corrected chi connectivity index (χ3v) is 6.48. The molecule has 0 radical (unpaired) electrons. The lowest BCUT2D eigenvalue weighted by Crippen LogP contribution is -2.42. The molecule has 4 nitrogen and oxygen atoms in total. The molecule has 26 heavy (non-hydrogen) atoms. The molecule has 1 aliphatic rings. The Morgan fingerprint density at radius 2 is 1.46 bits per heavy atom. The van der Waals surface area contributed by atoms with E-state index in [1.807, 2.05) is 22.9 Å². The van der Waals surface area contributed by atoms with Crippen molar-refractivity contribution in [2.24, 2.45) is 0 Å². The van der Waals surface area contributed by atoms with Crippen molar-refractivity contribution in [3.05, 3.63) is 89.8 Å². The van der Waals surface area contributed by atoms with E-state index < -0.39 is 21.9 Å². The van der Waals surface area contributed by atoms with Gasteiger partial charge in [0.2, 0.25) is 10.0 Å². The van der Waals surface area contributed by atoms with Gasteiger partial charge in [-0.1, -0.05) is 12.1 Å². The minimum atomic E-state index is -3.85. The minimum absolute atomic E-state index is 0.0333. The predicted octanol–water partition coefficient (Wildman–Crippen LogP) is 3.56. The molecule has 7 heteroatoms. The topological polar surface area (TPSA) is 42.3 Å². The number of hydrogen-bond acceptors (Lipinski definition) is 2. The van der Waals surface area contributed by atoms with Gasteiger partial charge in [-0.2, -0.15) is 4.31 Å². The van der Waals surface area contributed by atoms with Gasteiger partial charge >= 0.3 is 0 Å². The molecule has 0 N–H and O–H groups in total. The molecule has 3 aromatic rings. The first-order valence-electron chi connectivity index (χ1n) is 8.15. The summed E-state index contributed by atoms with van der Waals surface area (Å²) in [7, 11) is -3.85. The molecule has 0 aliphatic carbocycles. The second-order valence-electron chi connectivity index (χ2n) is 6.15. The van der Waals surface area contributed by atoms with Crippen molar-refractivity contribution in [3.8, 4) is 0 Å². The van der Waals surface area contributed by atoms with Crippen molar-refractivity contribution in [2.45, 2.75) is 17.5 Å². The maximum atomic E-state index is 13.4. The molecule has 0 fully saturated rings. The van der Waals surface area contributed by atoms with Crippen LogP contribution in [0, 0.1) is 11.6 Å². The van der Waals surface area contributed by atoms with Gasteiger partial charge in [0.1, 0.15) is 11.6 Å². The van der Waals surface area contributed by atoms with Gasteiger partial charge in [-0.3, -0.25) is 0 Å². The van der Waals surface area contributed by atoms with Crippen LogP contribution in [0.1, 0.15) is 17.3 Å². The number of sulfonamides is 1. The van der Waals surface area contributed by atoms with Crippen molar-refractivity contribution in [1.82, 2.24) is 8.87 Å². The molecule has 2 heterocycles. The number of rotatable bonds is 3. The fraction of sp³-hybridized carbons (Fsp3) is 0.158. The SMILES string of the molecule is O=S(=O)(c1ccc(F)cc1)N1CCn2cccc2C1c1ccc(F)cc1. The van der Waals surface area contributed by atoms with Crippen LogP contribution in [0.5, 0.6) is 0 Å². The summed E-state index contributed by atoms with van der Waals surface area (Å²) < 4.78 is 56.3. The zero-order valence-corrected chi connectivity index (χ0v) is 14.5. The number of hydrogen-bond donors (Lipinski definition) is 0. The fourth-order valence-electron chi connectivity index (χ4n) is 3.35. The number of halogens is 2. The van der Waals surface area contributed by atoms with Crippen molar-refractivity contribution in [1.29, 1.82) is 0 Å². The molecule has 0 bridgehead atoms. The normalized spacial score (nSPS) is 17.8. The van der Waals surface area contributed by atoms with Gasteiger partial charge in [-0.05, 0) is 54.1 Å². The molecule has 4 rings (SSSR count). The zero-order valence-electron chi connectivity index (χ0n) is 13.7. The van der Waals surface area contributed by atoms with Crippen LogP contribution in [-0.4, -0.2) is 23.8 Å². The van der Waals surface area contributed by atoms with Crippen molar-refractivity contribution in [3.63, 3.8) is 0 Å². The summed E-state index contributed by atoms with van der Waals surface area (Å²) in [6.07, 6.45) is 1.90. The molecule has 1 aliphatic heterocycles. The zero-order chi connectivity index (χ0) is 18.3. The number of fused-ring (bicyclic) bond motifs is 1. The van der Waals surface area contributed by atoms with Gasteiger partial charge in [-0.25, -0.2) is 17.2 Å². The van der Waals surface area contributed by atoms with E-state index in [1.165, 1.54) is 28.6 Å². The van der Waals surface area contributed by atoms with E-state index in [1.54, 1.807) is 12.1 Å². The molecule has 1 atom stereocenters. The second-order valence-corrected chi connectivity index (χ2v) is 8.04. The highest BCUT2D eigenvalue weighted by Crippen LogP contribution is 2.36. The monoisotopic (exact) mass is 374 g/mol. The van der Waals surface area contributed by atoms with Crippen LogP contribution in [0.3, 0.4) is 0 Å². The summed E-state index contributed by atoms with van der Waals surface area (Å²) >= 11 is 0. The fourth-order valence-corrected chi connectivity index (χ4v) is 4.93. The molecule has 0 saturated heterocycles. The molecule has 2 aromatic carbocycles. The Morgan fingerprint density at radius 1 is 0.846 bits per heavy atom. The van der Waals surface area contributed by atoms with E-state index in [0.29, 0.717) is 12.1 Å². The van der Waals surface area contributed by atoms with Crippen LogP contribution >= 0.6 is 0 Å². The first-order chi connectivity index (χ1) is 12.5. The van der Waals surface area contributed by atoms with Crippen LogP contribution < -0.4 is 0 Å². The summed E-state index contributed by atoms with van der Waals surface area (Å²) in [6, 6.07) is 13.8. The lowest BCUT2D eigenvalue weighted by Gasteiger charge is -2.36. The Labute approximate surface area is 150 Å². The predicted molar refractivity (Wildman–Crippen MR) is 93.0 cm³/mol. The summed E-state index contributed by atoms with van der Waals surface area (Å²) in [4.78, 5) is 0.0333. The largest absolute Gasteiger partial charge is 0.348 e. The highest BCUT2D eigenvalue weighted by Gasteiger charge is 2.37. The standard InChI is InChI=1S/C19H16F2N2O2S/c20-15-5-3-14(4-6-15)19-18-2-1-11-22(18)12-13-23(19)26(24,25)17-9-7-16(21)8-10-17/h1-11,19H,12-13H2. The van der Waals surface area contributed by atoms with Crippen LogP contribution in [-0.2, 0) is 16.6 Å². The molecular weight excluding hydrogens is 358 g/mol. The summed E-state index contributed by atoms with van der Waals surface area (Å²) in [5.74, 6) is -0.876. The number of benzene rings is 2. The first kappa shape index (κ1) is 16.9. The molecule has 134 valence electrons. The smallest absolute Gasteiger partial charge is 0.244 e. The first-order valence-corrected chi connectivity index (χ1v) is 9.59. The van der Waals surface area contributed by atoms with E-state index >= 15 is 0 Å². The van der Waals surface area contributed by atoms with Crippen LogP contribution in [0.4, 0.5) is 8.78 Å². The lowest BCUT2D eigenvalue weighted by molar-refractivity contribution is 0.298. The van der Waals surface area contributed by atoms with Crippen LogP contribution in [0.15, 0.2) is 71.8 Å².